The van der Waals surface area contributed by atoms with Crippen molar-refractivity contribution in [2.24, 2.45) is 5.73 Å². The van der Waals surface area contributed by atoms with Crippen LogP contribution in [0.1, 0.15) is 22.3 Å². The molecule has 0 aromatic heterocycles. The molecule has 110 valence electrons. The smallest absolute Gasteiger partial charge is 0.325 e. The van der Waals surface area contributed by atoms with Gasteiger partial charge in [-0.25, -0.2) is 0 Å². The lowest BCUT2D eigenvalue weighted by Crippen LogP contribution is -2.50. The first-order chi connectivity index (χ1) is 9.89. The zero-order valence-corrected chi connectivity index (χ0v) is 11.3. The van der Waals surface area contributed by atoms with E-state index in [4.69, 9.17) is 10.8 Å². The largest absolute Gasteiger partial charge is 0.480 e. The van der Waals surface area contributed by atoms with E-state index in [0.29, 0.717) is 12.1 Å². The highest BCUT2D eigenvalue weighted by Gasteiger charge is 2.43. The van der Waals surface area contributed by atoms with Gasteiger partial charge in [-0.1, -0.05) is 0 Å². The Bertz CT molecular complexity index is 658. The second-order valence-electron chi connectivity index (χ2n) is 5.53. The summed E-state index contributed by atoms with van der Waals surface area (Å²) in [6.45, 7) is 0.311. The molecule has 4 N–H and O–H groups in total. The Kier molecular flexibility index (Phi) is 2.94. The van der Waals surface area contributed by atoms with E-state index >= 15 is 0 Å². The molecule has 0 spiro atoms. The van der Waals surface area contributed by atoms with Crippen molar-refractivity contribution in [1.29, 1.82) is 0 Å². The Morgan fingerprint density at radius 3 is 2.81 bits per heavy atom. The molecule has 0 radical (unpaired) electrons. The fourth-order valence-electron chi connectivity index (χ4n) is 2.73. The van der Waals surface area contributed by atoms with E-state index in [-0.39, 0.29) is 31.2 Å². The van der Waals surface area contributed by atoms with E-state index in [1.807, 2.05) is 0 Å². The molecule has 1 unspecified atom stereocenters. The molecule has 0 bridgehead atoms. The highest BCUT2D eigenvalue weighted by atomic mass is 16.4. The first-order valence-electron chi connectivity index (χ1n) is 6.63. The number of nitrogens with two attached hydrogens (primary N) is 1. The SMILES string of the molecule is NC1(C(=O)O)CCN(C(=O)c2ccc3c(c2)CC(=O)N3)C1. The first-order valence-corrected chi connectivity index (χ1v) is 6.63. The average molecular weight is 289 g/mol. The summed E-state index contributed by atoms with van der Waals surface area (Å²) in [6.07, 6.45) is 0.492. The van der Waals surface area contributed by atoms with Gasteiger partial charge in [-0.2, -0.15) is 0 Å². The minimum Gasteiger partial charge on any atom is -0.480 e. The van der Waals surface area contributed by atoms with Gasteiger partial charge >= 0.3 is 5.97 Å². The molecular formula is C14H15N3O4. The predicted octanol–water partition coefficient (Wildman–Crippen LogP) is -0.191. The Morgan fingerprint density at radius 1 is 1.38 bits per heavy atom. The topological polar surface area (TPSA) is 113 Å². The van der Waals surface area contributed by atoms with Crippen molar-refractivity contribution in [2.45, 2.75) is 18.4 Å². The van der Waals surface area contributed by atoms with Crippen molar-refractivity contribution in [2.75, 3.05) is 18.4 Å². The maximum Gasteiger partial charge on any atom is 0.325 e. The summed E-state index contributed by atoms with van der Waals surface area (Å²) in [5.74, 6) is -1.45. The number of carboxylic acids is 1. The lowest BCUT2D eigenvalue weighted by molar-refractivity contribution is -0.142. The van der Waals surface area contributed by atoms with Gasteiger partial charge < -0.3 is 21.1 Å². The lowest BCUT2D eigenvalue weighted by Gasteiger charge is -2.20. The number of benzene rings is 1. The number of aliphatic carboxylic acids is 1. The van der Waals surface area contributed by atoms with Crippen LogP contribution in [-0.2, 0) is 16.0 Å². The number of nitrogens with zero attached hydrogens (tertiary/aromatic N) is 1. The van der Waals surface area contributed by atoms with Crippen molar-refractivity contribution in [1.82, 2.24) is 4.90 Å². The Balaban J connectivity index is 1.80. The Labute approximate surface area is 120 Å². The molecule has 2 aliphatic heterocycles. The highest BCUT2D eigenvalue weighted by Crippen LogP contribution is 2.26. The van der Waals surface area contributed by atoms with Crippen LogP contribution >= 0.6 is 0 Å². The van der Waals surface area contributed by atoms with E-state index in [9.17, 15) is 14.4 Å². The van der Waals surface area contributed by atoms with Gasteiger partial charge in [-0.05, 0) is 30.2 Å². The minimum absolute atomic E-state index is 0.00453. The van der Waals surface area contributed by atoms with Crippen molar-refractivity contribution >= 4 is 23.5 Å². The van der Waals surface area contributed by atoms with Gasteiger partial charge in [0.05, 0.1) is 6.42 Å². The number of anilines is 1. The number of likely N-dealkylation sites (tertiary alicyclic amines) is 1. The number of hydrogen-bond acceptors (Lipinski definition) is 4. The van der Waals surface area contributed by atoms with Crippen LogP contribution in [0.2, 0.25) is 0 Å². The molecule has 0 saturated carbocycles. The molecule has 1 fully saturated rings. The molecule has 7 heteroatoms. The summed E-state index contributed by atoms with van der Waals surface area (Å²) < 4.78 is 0. The van der Waals surface area contributed by atoms with E-state index in [0.717, 1.165) is 11.3 Å². The van der Waals surface area contributed by atoms with Crippen LogP contribution in [0, 0.1) is 0 Å². The monoisotopic (exact) mass is 289 g/mol. The van der Waals surface area contributed by atoms with Crippen molar-refractivity contribution < 1.29 is 19.5 Å². The molecular weight excluding hydrogens is 274 g/mol. The Hall–Kier alpha value is -2.41. The van der Waals surface area contributed by atoms with Crippen LogP contribution in [0.5, 0.6) is 0 Å². The van der Waals surface area contributed by atoms with Crippen molar-refractivity contribution in [3.63, 3.8) is 0 Å². The summed E-state index contributed by atoms with van der Waals surface area (Å²) in [6, 6.07) is 4.99. The third-order valence-corrected chi connectivity index (χ3v) is 3.99. The van der Waals surface area contributed by atoms with Crippen LogP contribution in [0.4, 0.5) is 5.69 Å². The van der Waals surface area contributed by atoms with E-state index in [1.165, 1.54) is 4.90 Å². The summed E-state index contributed by atoms with van der Waals surface area (Å²) in [5.41, 5.74) is 6.34. The summed E-state index contributed by atoms with van der Waals surface area (Å²) in [5, 5.41) is 11.8. The zero-order chi connectivity index (χ0) is 15.2. The predicted molar refractivity (Wildman–Crippen MR) is 73.9 cm³/mol. The quantitative estimate of drug-likeness (QED) is 0.698. The number of carboxylic acid groups (broad SMARTS) is 1. The summed E-state index contributed by atoms with van der Waals surface area (Å²) in [4.78, 5) is 36.3. The van der Waals surface area contributed by atoms with Gasteiger partial charge in [-0.3, -0.25) is 14.4 Å². The first kappa shape index (κ1) is 13.6. The van der Waals surface area contributed by atoms with Gasteiger partial charge in [0, 0.05) is 24.3 Å². The molecule has 2 aliphatic rings. The standard InChI is InChI=1S/C14H15N3O4/c15-14(13(20)21)3-4-17(7-14)12(19)8-1-2-10-9(5-8)6-11(18)16-10/h1-2,5H,3-4,6-7,15H2,(H,16,18)(H,20,21). The number of hydrogen-bond donors (Lipinski definition) is 3. The van der Waals surface area contributed by atoms with Crippen molar-refractivity contribution in [3.05, 3.63) is 29.3 Å². The fraction of sp³-hybridized carbons (Fsp3) is 0.357. The van der Waals surface area contributed by atoms with E-state index in [1.54, 1.807) is 18.2 Å². The molecule has 21 heavy (non-hydrogen) atoms. The number of amides is 2. The van der Waals surface area contributed by atoms with E-state index in [2.05, 4.69) is 5.32 Å². The number of carbonyl (C=O) groups is 3. The molecule has 0 aliphatic carbocycles. The molecule has 1 aromatic carbocycles. The Morgan fingerprint density at radius 2 is 2.14 bits per heavy atom. The normalized spacial score (nSPS) is 23.9. The van der Waals surface area contributed by atoms with Crippen LogP contribution in [0.15, 0.2) is 18.2 Å². The van der Waals surface area contributed by atoms with Gasteiger partial charge in [0.15, 0.2) is 0 Å². The van der Waals surface area contributed by atoms with Crippen LogP contribution in [0.25, 0.3) is 0 Å². The van der Waals surface area contributed by atoms with Crippen molar-refractivity contribution in [3.8, 4) is 0 Å². The molecule has 3 rings (SSSR count). The molecule has 7 nitrogen and oxygen atoms in total. The molecule has 1 saturated heterocycles. The number of nitrogens with one attached hydrogen (secondary N) is 1. The van der Waals surface area contributed by atoms with Gasteiger partial charge in [-0.15, -0.1) is 0 Å². The molecule has 2 amide bonds. The van der Waals surface area contributed by atoms with Crippen LogP contribution in [-0.4, -0.2) is 46.4 Å². The van der Waals surface area contributed by atoms with Gasteiger partial charge in [0.25, 0.3) is 5.91 Å². The second kappa shape index (κ2) is 4.56. The van der Waals surface area contributed by atoms with Crippen LogP contribution in [0.3, 0.4) is 0 Å². The third kappa shape index (κ3) is 2.25. The lowest BCUT2D eigenvalue weighted by atomic mass is 10.0. The summed E-state index contributed by atoms with van der Waals surface area (Å²) >= 11 is 0. The van der Waals surface area contributed by atoms with Crippen LogP contribution < -0.4 is 11.1 Å². The third-order valence-electron chi connectivity index (χ3n) is 3.99. The number of fused-ring (bicyclic) bond motifs is 1. The maximum absolute atomic E-state index is 12.4. The second-order valence-corrected chi connectivity index (χ2v) is 5.53. The maximum atomic E-state index is 12.4. The number of carbonyl (C=O) groups excluding carboxylic acids is 2. The van der Waals surface area contributed by atoms with E-state index < -0.39 is 11.5 Å². The van der Waals surface area contributed by atoms with Gasteiger partial charge in [0.2, 0.25) is 5.91 Å². The van der Waals surface area contributed by atoms with Gasteiger partial charge in [0.1, 0.15) is 5.54 Å². The molecule has 2 heterocycles. The molecule has 1 atom stereocenters. The minimum atomic E-state index is -1.37. The molecule has 1 aromatic rings. The summed E-state index contributed by atoms with van der Waals surface area (Å²) in [7, 11) is 0. The average Bonchev–Trinajstić information content (AvgIpc) is 3.00. The fourth-order valence-corrected chi connectivity index (χ4v) is 2.73. The highest BCUT2D eigenvalue weighted by molar-refractivity contribution is 6.02. The number of rotatable bonds is 2. The zero-order valence-electron chi connectivity index (χ0n) is 11.3.